The Morgan fingerprint density at radius 1 is 1.09 bits per heavy atom. The maximum Gasteiger partial charge on any atom is 0.264 e. The van der Waals surface area contributed by atoms with Gasteiger partial charge in [-0.05, 0) is 54.8 Å². The second-order valence-corrected chi connectivity index (χ2v) is 11.7. The quantitative estimate of drug-likeness (QED) is 0.170. The lowest BCUT2D eigenvalue weighted by molar-refractivity contribution is -0.139. The molecule has 4 atom stereocenters. The lowest BCUT2D eigenvalue weighted by Crippen LogP contribution is -2.44. The predicted molar refractivity (Wildman–Crippen MR) is 172 cm³/mol. The summed E-state index contributed by atoms with van der Waals surface area (Å²) in [7, 11) is 0. The van der Waals surface area contributed by atoms with Crippen molar-refractivity contribution in [2.45, 2.75) is 51.0 Å². The van der Waals surface area contributed by atoms with E-state index in [4.69, 9.17) is 11.6 Å². The zero-order chi connectivity index (χ0) is 32.1. The number of nitrogens with zero attached hydrogens (tertiary/aromatic N) is 4. The minimum Gasteiger partial charge on any atom is -0.395 e. The number of carbonyl (C=O) groups is 2. The minimum absolute atomic E-state index is 0.0806. The Bertz CT molecular complexity index is 1670. The predicted octanol–water partition coefficient (Wildman–Crippen LogP) is 4.39. The molecule has 2 heterocycles. The van der Waals surface area contributed by atoms with Gasteiger partial charge in [-0.25, -0.2) is 0 Å². The van der Waals surface area contributed by atoms with Crippen LogP contribution in [0.2, 0.25) is 5.02 Å². The van der Waals surface area contributed by atoms with Crippen LogP contribution in [-0.4, -0.2) is 54.8 Å². The molecule has 0 spiro atoms. The number of hydrogen-bond donors (Lipinski definition) is 4. The van der Waals surface area contributed by atoms with Crippen LogP contribution in [0.1, 0.15) is 48.6 Å². The fourth-order valence-electron chi connectivity index (χ4n) is 5.48. The standard InChI is InChI=1S/C34H36ClN5O5/c1-22(8-6-7-17-39-20-30(37-38-39)28(21-41)25-9-4-3-5-10-25)34(45)29-18-26(35)13-16-31(29)40(33(34)44)19-24-11-14-27(15-12-24)36-32(43)23(2)42/h3-6,8-16,18,20,22-23,28,41-42,45H,7,17,19,21H2,1-2H3,(H,36,43)/b8-6+/t22-,23+,28?,34+/m1/s1. The molecular weight excluding hydrogens is 594 g/mol. The summed E-state index contributed by atoms with van der Waals surface area (Å²) >= 11 is 6.32. The summed E-state index contributed by atoms with van der Waals surface area (Å²) in [6.07, 6.45) is 5.00. The summed E-state index contributed by atoms with van der Waals surface area (Å²) in [5.41, 5.74) is 2.14. The number of fused-ring (bicyclic) bond motifs is 1. The third-order valence-electron chi connectivity index (χ3n) is 8.08. The van der Waals surface area contributed by atoms with E-state index in [-0.39, 0.29) is 19.1 Å². The van der Waals surface area contributed by atoms with Gasteiger partial charge in [0, 0.05) is 34.9 Å². The summed E-state index contributed by atoms with van der Waals surface area (Å²) in [5, 5.41) is 42.8. The van der Waals surface area contributed by atoms with Crippen molar-refractivity contribution in [3.63, 3.8) is 0 Å². The molecule has 4 aromatic rings. The molecule has 11 heteroatoms. The van der Waals surface area contributed by atoms with Gasteiger partial charge in [0.25, 0.3) is 11.8 Å². The minimum atomic E-state index is -1.83. The Morgan fingerprint density at radius 2 is 1.82 bits per heavy atom. The van der Waals surface area contributed by atoms with Crippen LogP contribution < -0.4 is 10.2 Å². The average Bonchev–Trinajstić information content (AvgIpc) is 3.58. The van der Waals surface area contributed by atoms with E-state index in [1.807, 2.05) is 48.7 Å². The number of halogens is 1. The van der Waals surface area contributed by atoms with E-state index in [1.54, 1.807) is 59.0 Å². The molecule has 234 valence electrons. The molecule has 5 rings (SSSR count). The van der Waals surface area contributed by atoms with Gasteiger partial charge in [0.15, 0.2) is 5.60 Å². The first-order valence-corrected chi connectivity index (χ1v) is 15.1. The van der Waals surface area contributed by atoms with E-state index >= 15 is 0 Å². The first kappa shape index (κ1) is 32.1. The number of aliphatic hydroxyl groups is 3. The molecule has 1 unspecified atom stereocenters. The van der Waals surface area contributed by atoms with E-state index < -0.39 is 29.4 Å². The molecule has 1 aromatic heterocycles. The Hall–Kier alpha value is -4.35. The highest BCUT2D eigenvalue weighted by molar-refractivity contribution is 6.31. The van der Waals surface area contributed by atoms with Crippen LogP contribution in [-0.2, 0) is 28.3 Å². The van der Waals surface area contributed by atoms with Crippen molar-refractivity contribution in [2.75, 3.05) is 16.8 Å². The largest absolute Gasteiger partial charge is 0.395 e. The van der Waals surface area contributed by atoms with Gasteiger partial charge in [-0.3, -0.25) is 14.3 Å². The van der Waals surface area contributed by atoms with Gasteiger partial charge in [0.1, 0.15) is 6.10 Å². The molecule has 1 aliphatic heterocycles. The molecule has 0 fully saturated rings. The Morgan fingerprint density at radius 3 is 2.51 bits per heavy atom. The zero-order valence-corrected chi connectivity index (χ0v) is 25.8. The van der Waals surface area contributed by atoms with Gasteiger partial charge in [-0.1, -0.05) is 78.4 Å². The van der Waals surface area contributed by atoms with Gasteiger partial charge in [-0.15, -0.1) is 5.10 Å². The molecular formula is C34H36ClN5O5. The first-order valence-electron chi connectivity index (χ1n) is 14.8. The van der Waals surface area contributed by atoms with Gasteiger partial charge in [0.2, 0.25) is 0 Å². The van der Waals surface area contributed by atoms with E-state index in [2.05, 4.69) is 15.6 Å². The van der Waals surface area contributed by atoms with Gasteiger partial charge in [-0.2, -0.15) is 0 Å². The number of hydrogen-bond acceptors (Lipinski definition) is 7. The molecule has 0 aliphatic carbocycles. The van der Waals surface area contributed by atoms with Gasteiger partial charge >= 0.3 is 0 Å². The number of amides is 2. The number of rotatable bonds is 12. The number of benzene rings is 3. The number of anilines is 2. The second kappa shape index (κ2) is 13.7. The second-order valence-electron chi connectivity index (χ2n) is 11.2. The van der Waals surface area contributed by atoms with Crippen molar-refractivity contribution >= 4 is 34.8 Å². The smallest absolute Gasteiger partial charge is 0.264 e. The van der Waals surface area contributed by atoms with Crippen LogP contribution in [0.25, 0.3) is 0 Å². The van der Waals surface area contributed by atoms with E-state index in [0.29, 0.717) is 40.6 Å². The maximum atomic E-state index is 13.9. The topological polar surface area (TPSA) is 141 Å². The van der Waals surface area contributed by atoms with Crippen LogP contribution in [0, 0.1) is 5.92 Å². The third kappa shape index (κ3) is 6.84. The summed E-state index contributed by atoms with van der Waals surface area (Å²) in [6, 6.07) is 21.7. The number of aliphatic hydroxyl groups excluding tert-OH is 2. The highest BCUT2D eigenvalue weighted by Crippen LogP contribution is 2.46. The molecule has 2 amide bonds. The molecule has 1 aliphatic rings. The van der Waals surface area contributed by atoms with Crippen molar-refractivity contribution in [3.05, 3.63) is 119 Å². The Balaban J connectivity index is 1.27. The monoisotopic (exact) mass is 629 g/mol. The lowest BCUT2D eigenvalue weighted by Gasteiger charge is -2.27. The highest BCUT2D eigenvalue weighted by atomic mass is 35.5. The molecule has 0 radical (unpaired) electrons. The van der Waals surface area contributed by atoms with E-state index in [1.165, 1.54) is 6.92 Å². The number of aryl methyl sites for hydroxylation is 1. The number of allylic oxidation sites excluding steroid dienone is 1. The third-order valence-corrected chi connectivity index (χ3v) is 8.31. The van der Waals surface area contributed by atoms with Crippen LogP contribution in [0.15, 0.2) is 91.1 Å². The van der Waals surface area contributed by atoms with Crippen molar-refractivity contribution in [2.24, 2.45) is 5.92 Å². The maximum absolute atomic E-state index is 13.9. The number of nitrogens with one attached hydrogen (secondary N) is 1. The number of aromatic nitrogens is 3. The van der Waals surface area contributed by atoms with E-state index in [9.17, 15) is 24.9 Å². The molecule has 0 saturated carbocycles. The van der Waals surface area contributed by atoms with Crippen molar-refractivity contribution in [1.82, 2.24) is 15.0 Å². The summed E-state index contributed by atoms with van der Waals surface area (Å²) in [6.45, 7) is 3.82. The summed E-state index contributed by atoms with van der Waals surface area (Å²) in [5.74, 6) is -1.81. The lowest BCUT2D eigenvalue weighted by atomic mass is 9.83. The van der Waals surface area contributed by atoms with Crippen LogP contribution in [0.5, 0.6) is 0 Å². The molecule has 45 heavy (non-hydrogen) atoms. The van der Waals surface area contributed by atoms with Crippen LogP contribution in [0.4, 0.5) is 11.4 Å². The van der Waals surface area contributed by atoms with Crippen molar-refractivity contribution < 1.29 is 24.9 Å². The van der Waals surface area contributed by atoms with Crippen molar-refractivity contribution in [3.8, 4) is 0 Å². The number of carbonyl (C=O) groups excluding carboxylic acids is 2. The van der Waals surface area contributed by atoms with Gasteiger partial charge < -0.3 is 25.5 Å². The summed E-state index contributed by atoms with van der Waals surface area (Å²) in [4.78, 5) is 27.2. The summed E-state index contributed by atoms with van der Waals surface area (Å²) < 4.78 is 1.71. The first-order chi connectivity index (χ1) is 21.6. The van der Waals surface area contributed by atoms with Crippen LogP contribution in [0.3, 0.4) is 0 Å². The fraction of sp³-hybridized carbons (Fsp3) is 0.294. The molecule has 0 saturated heterocycles. The molecule has 4 N–H and O–H groups in total. The van der Waals surface area contributed by atoms with E-state index in [0.717, 1.165) is 11.1 Å². The Labute approximate surface area is 266 Å². The molecule has 0 bridgehead atoms. The highest BCUT2D eigenvalue weighted by Gasteiger charge is 2.52. The SMILES string of the molecule is C[C@H](O)C(=O)Nc1ccc(CN2C(=O)[C@](O)([C@H](C)/C=C/CCn3cc(C(CO)c4ccccc4)nn3)c3cc(Cl)ccc32)cc1. The fourth-order valence-corrected chi connectivity index (χ4v) is 5.65. The molecule has 10 nitrogen and oxygen atoms in total. The Kier molecular flexibility index (Phi) is 9.79. The average molecular weight is 630 g/mol. The molecule has 3 aromatic carbocycles. The normalized spacial score (nSPS) is 18.2. The van der Waals surface area contributed by atoms with Crippen LogP contribution >= 0.6 is 11.6 Å². The van der Waals surface area contributed by atoms with Gasteiger partial charge in [0.05, 0.1) is 30.5 Å². The van der Waals surface area contributed by atoms with Crippen molar-refractivity contribution in [1.29, 1.82) is 0 Å². The zero-order valence-electron chi connectivity index (χ0n) is 25.0.